The van der Waals surface area contributed by atoms with E-state index in [9.17, 15) is 5.11 Å². The van der Waals surface area contributed by atoms with E-state index in [4.69, 9.17) is 5.73 Å². The van der Waals surface area contributed by atoms with Crippen LogP contribution < -0.4 is 5.73 Å². The molecule has 84 valence electrons. The monoisotopic (exact) mass is 207 g/mol. The SMILES string of the molecule is CCC(CN)C(O)c1ccc(C)cc1C. The van der Waals surface area contributed by atoms with Crippen molar-refractivity contribution in [3.63, 3.8) is 0 Å². The molecule has 0 fully saturated rings. The van der Waals surface area contributed by atoms with Crippen LogP contribution in [0.2, 0.25) is 0 Å². The number of rotatable bonds is 4. The van der Waals surface area contributed by atoms with Gasteiger partial charge in [0.2, 0.25) is 0 Å². The summed E-state index contributed by atoms with van der Waals surface area (Å²) in [6.45, 7) is 6.69. The van der Waals surface area contributed by atoms with Gasteiger partial charge in [-0.1, -0.05) is 30.7 Å². The fraction of sp³-hybridized carbons (Fsp3) is 0.538. The molecule has 2 unspecified atom stereocenters. The van der Waals surface area contributed by atoms with Crippen LogP contribution in [0.3, 0.4) is 0 Å². The summed E-state index contributed by atoms with van der Waals surface area (Å²) >= 11 is 0. The second-order valence-electron chi connectivity index (χ2n) is 4.21. The van der Waals surface area contributed by atoms with Crippen LogP contribution in [0.1, 0.15) is 36.1 Å². The van der Waals surface area contributed by atoms with E-state index in [-0.39, 0.29) is 5.92 Å². The van der Waals surface area contributed by atoms with Gasteiger partial charge in [0.1, 0.15) is 0 Å². The third-order valence-corrected chi connectivity index (χ3v) is 3.02. The number of hydrogen-bond acceptors (Lipinski definition) is 2. The van der Waals surface area contributed by atoms with Crippen molar-refractivity contribution in [2.75, 3.05) is 6.54 Å². The summed E-state index contributed by atoms with van der Waals surface area (Å²) in [4.78, 5) is 0. The highest BCUT2D eigenvalue weighted by Gasteiger charge is 2.19. The van der Waals surface area contributed by atoms with Gasteiger partial charge in [-0.2, -0.15) is 0 Å². The molecule has 1 aromatic carbocycles. The molecule has 3 N–H and O–H groups in total. The molecule has 0 radical (unpaired) electrons. The number of benzene rings is 1. The molecule has 0 heterocycles. The standard InChI is InChI=1S/C13H21NO/c1-4-11(8-14)13(15)12-6-5-9(2)7-10(12)3/h5-7,11,13,15H,4,8,14H2,1-3H3. The average molecular weight is 207 g/mol. The molecule has 0 saturated heterocycles. The summed E-state index contributed by atoms with van der Waals surface area (Å²) in [5, 5.41) is 10.2. The first-order valence-electron chi connectivity index (χ1n) is 5.55. The van der Waals surface area contributed by atoms with Crippen LogP contribution in [0.15, 0.2) is 18.2 Å². The van der Waals surface area contributed by atoms with Crippen LogP contribution in [0.4, 0.5) is 0 Å². The van der Waals surface area contributed by atoms with Crippen LogP contribution in [0.25, 0.3) is 0 Å². The molecule has 0 aliphatic rings. The van der Waals surface area contributed by atoms with Crippen LogP contribution in [0, 0.1) is 19.8 Å². The fourth-order valence-electron chi connectivity index (χ4n) is 1.93. The summed E-state index contributed by atoms with van der Waals surface area (Å²) in [5.41, 5.74) is 9.03. The van der Waals surface area contributed by atoms with Crippen molar-refractivity contribution in [2.45, 2.75) is 33.3 Å². The number of aryl methyl sites for hydroxylation is 2. The molecule has 1 aromatic rings. The van der Waals surface area contributed by atoms with Gasteiger partial charge in [0, 0.05) is 5.92 Å². The number of aliphatic hydroxyl groups excluding tert-OH is 1. The normalized spacial score (nSPS) is 15.0. The minimum Gasteiger partial charge on any atom is -0.388 e. The fourth-order valence-corrected chi connectivity index (χ4v) is 1.93. The molecule has 0 aromatic heterocycles. The van der Waals surface area contributed by atoms with Gasteiger partial charge in [-0.25, -0.2) is 0 Å². The maximum Gasteiger partial charge on any atom is 0.0832 e. The molecule has 0 spiro atoms. The Labute approximate surface area is 92.1 Å². The molecule has 0 aliphatic carbocycles. The van der Waals surface area contributed by atoms with E-state index < -0.39 is 6.10 Å². The lowest BCUT2D eigenvalue weighted by Gasteiger charge is -2.22. The largest absolute Gasteiger partial charge is 0.388 e. The zero-order valence-electron chi connectivity index (χ0n) is 9.83. The van der Waals surface area contributed by atoms with Crippen LogP contribution in [0.5, 0.6) is 0 Å². The van der Waals surface area contributed by atoms with E-state index in [0.717, 1.165) is 17.5 Å². The second kappa shape index (κ2) is 5.29. The Hall–Kier alpha value is -0.860. The third kappa shape index (κ3) is 2.80. The quantitative estimate of drug-likeness (QED) is 0.796. The van der Waals surface area contributed by atoms with E-state index in [1.165, 1.54) is 5.56 Å². The number of nitrogens with two attached hydrogens (primary N) is 1. The highest BCUT2D eigenvalue weighted by molar-refractivity contribution is 5.32. The lowest BCUT2D eigenvalue weighted by atomic mass is 9.90. The Morgan fingerprint density at radius 2 is 2.00 bits per heavy atom. The van der Waals surface area contributed by atoms with Gasteiger partial charge in [-0.05, 0) is 37.9 Å². The van der Waals surface area contributed by atoms with Gasteiger partial charge >= 0.3 is 0 Å². The van der Waals surface area contributed by atoms with E-state index in [2.05, 4.69) is 19.9 Å². The Balaban J connectivity index is 2.94. The van der Waals surface area contributed by atoms with Crippen molar-refractivity contribution in [1.29, 1.82) is 0 Å². The van der Waals surface area contributed by atoms with E-state index in [0.29, 0.717) is 6.54 Å². The van der Waals surface area contributed by atoms with Crippen LogP contribution >= 0.6 is 0 Å². The third-order valence-electron chi connectivity index (χ3n) is 3.02. The Morgan fingerprint density at radius 3 is 2.47 bits per heavy atom. The zero-order chi connectivity index (χ0) is 11.4. The van der Waals surface area contributed by atoms with Gasteiger partial charge in [-0.3, -0.25) is 0 Å². The average Bonchev–Trinajstić information content (AvgIpc) is 2.19. The summed E-state index contributed by atoms with van der Waals surface area (Å²) in [6, 6.07) is 6.14. The molecular weight excluding hydrogens is 186 g/mol. The molecule has 0 saturated carbocycles. The van der Waals surface area contributed by atoms with E-state index >= 15 is 0 Å². The molecule has 0 amide bonds. The molecule has 2 nitrogen and oxygen atoms in total. The Kier molecular flexibility index (Phi) is 4.30. The first kappa shape index (κ1) is 12.2. The maximum atomic E-state index is 10.2. The zero-order valence-corrected chi connectivity index (χ0v) is 9.83. The molecule has 0 bridgehead atoms. The lowest BCUT2D eigenvalue weighted by Crippen LogP contribution is -2.21. The van der Waals surface area contributed by atoms with Crippen molar-refractivity contribution in [2.24, 2.45) is 11.7 Å². The first-order chi connectivity index (χ1) is 7.10. The summed E-state index contributed by atoms with van der Waals surface area (Å²) < 4.78 is 0. The number of hydrogen-bond donors (Lipinski definition) is 2. The van der Waals surface area contributed by atoms with Gasteiger partial charge < -0.3 is 10.8 Å². The number of aliphatic hydroxyl groups is 1. The highest BCUT2D eigenvalue weighted by Crippen LogP contribution is 2.26. The van der Waals surface area contributed by atoms with Crippen LogP contribution in [-0.4, -0.2) is 11.7 Å². The molecule has 2 atom stereocenters. The summed E-state index contributed by atoms with van der Waals surface area (Å²) in [7, 11) is 0. The second-order valence-corrected chi connectivity index (χ2v) is 4.21. The van der Waals surface area contributed by atoms with E-state index in [1.807, 2.05) is 19.1 Å². The molecule has 2 heteroatoms. The van der Waals surface area contributed by atoms with Crippen LogP contribution in [-0.2, 0) is 0 Å². The minimum absolute atomic E-state index is 0.159. The summed E-state index contributed by atoms with van der Waals surface area (Å²) in [6.07, 6.45) is 0.478. The van der Waals surface area contributed by atoms with Crippen molar-refractivity contribution < 1.29 is 5.11 Å². The van der Waals surface area contributed by atoms with Crippen molar-refractivity contribution in [3.05, 3.63) is 34.9 Å². The smallest absolute Gasteiger partial charge is 0.0832 e. The van der Waals surface area contributed by atoms with Gasteiger partial charge in [0.25, 0.3) is 0 Å². The molecule has 0 aliphatic heterocycles. The Morgan fingerprint density at radius 1 is 1.33 bits per heavy atom. The summed E-state index contributed by atoms with van der Waals surface area (Å²) in [5.74, 6) is 0.159. The highest BCUT2D eigenvalue weighted by atomic mass is 16.3. The van der Waals surface area contributed by atoms with Crippen molar-refractivity contribution in [3.8, 4) is 0 Å². The molecule has 1 rings (SSSR count). The van der Waals surface area contributed by atoms with E-state index in [1.54, 1.807) is 0 Å². The Bertz CT molecular complexity index is 318. The predicted molar refractivity (Wildman–Crippen MR) is 63.7 cm³/mol. The van der Waals surface area contributed by atoms with Gasteiger partial charge in [0.05, 0.1) is 6.10 Å². The maximum absolute atomic E-state index is 10.2. The van der Waals surface area contributed by atoms with Gasteiger partial charge in [-0.15, -0.1) is 0 Å². The first-order valence-corrected chi connectivity index (χ1v) is 5.55. The van der Waals surface area contributed by atoms with Crippen molar-refractivity contribution >= 4 is 0 Å². The van der Waals surface area contributed by atoms with Gasteiger partial charge in [0.15, 0.2) is 0 Å². The lowest BCUT2D eigenvalue weighted by molar-refractivity contribution is 0.109. The minimum atomic E-state index is -0.430. The topological polar surface area (TPSA) is 46.2 Å². The predicted octanol–water partition coefficient (Wildman–Crippen LogP) is 2.32. The molecule has 15 heavy (non-hydrogen) atoms. The van der Waals surface area contributed by atoms with Crippen molar-refractivity contribution in [1.82, 2.24) is 0 Å². The molecular formula is C13H21NO.